The SMILES string of the molecule is COc1ccc2c(c1)[C@H]1[C@H](C)[C@@H](C)C=C([C@@H]3C=CC(=O)O3)[C@H]1[C@@]1(C=CCO1)O2. The molecule has 0 aromatic heterocycles. The summed E-state index contributed by atoms with van der Waals surface area (Å²) in [7, 11) is 1.67. The predicted octanol–water partition coefficient (Wildman–Crippen LogP) is 3.76. The second-order valence-corrected chi connectivity index (χ2v) is 8.05. The number of benzene rings is 1. The van der Waals surface area contributed by atoms with Crippen LogP contribution in [-0.2, 0) is 14.3 Å². The Morgan fingerprint density at radius 3 is 2.79 bits per heavy atom. The lowest BCUT2D eigenvalue weighted by Gasteiger charge is -2.51. The highest BCUT2D eigenvalue weighted by atomic mass is 16.7. The zero-order valence-electron chi connectivity index (χ0n) is 16.3. The van der Waals surface area contributed by atoms with E-state index in [0.29, 0.717) is 18.4 Å². The molecule has 146 valence electrons. The molecule has 1 aromatic rings. The van der Waals surface area contributed by atoms with Crippen molar-refractivity contribution in [2.45, 2.75) is 31.7 Å². The number of carbonyl (C=O) groups excluding carboxylic acids is 1. The van der Waals surface area contributed by atoms with E-state index in [-0.39, 0.29) is 23.9 Å². The minimum Gasteiger partial charge on any atom is -0.497 e. The van der Waals surface area contributed by atoms with E-state index in [4.69, 9.17) is 18.9 Å². The third kappa shape index (κ3) is 2.46. The number of allylic oxidation sites excluding steroid dienone is 1. The quantitative estimate of drug-likeness (QED) is 0.578. The maximum Gasteiger partial charge on any atom is 0.331 e. The normalized spacial score (nSPS) is 37.9. The number of cyclic esters (lactones) is 1. The van der Waals surface area contributed by atoms with Gasteiger partial charge in [0.1, 0.15) is 17.6 Å². The maximum atomic E-state index is 11.8. The van der Waals surface area contributed by atoms with Crippen LogP contribution in [0.3, 0.4) is 0 Å². The van der Waals surface area contributed by atoms with Gasteiger partial charge >= 0.3 is 5.97 Å². The van der Waals surface area contributed by atoms with Crippen molar-refractivity contribution >= 4 is 5.97 Å². The molecule has 4 aliphatic rings. The van der Waals surface area contributed by atoms with Gasteiger partial charge < -0.3 is 18.9 Å². The van der Waals surface area contributed by atoms with Crippen LogP contribution in [0, 0.1) is 17.8 Å². The second kappa shape index (κ2) is 6.24. The Morgan fingerprint density at radius 1 is 1.25 bits per heavy atom. The van der Waals surface area contributed by atoms with Crippen molar-refractivity contribution in [2.75, 3.05) is 13.7 Å². The highest BCUT2D eigenvalue weighted by Gasteiger charge is 2.57. The smallest absolute Gasteiger partial charge is 0.331 e. The molecule has 5 rings (SSSR count). The average Bonchev–Trinajstić information content (AvgIpc) is 3.33. The van der Waals surface area contributed by atoms with Crippen LogP contribution in [0.2, 0.25) is 0 Å². The lowest BCUT2D eigenvalue weighted by Crippen LogP contribution is -2.54. The van der Waals surface area contributed by atoms with Crippen LogP contribution in [0.25, 0.3) is 0 Å². The maximum absolute atomic E-state index is 11.8. The fourth-order valence-corrected chi connectivity index (χ4v) is 5.10. The van der Waals surface area contributed by atoms with Crippen molar-refractivity contribution in [2.24, 2.45) is 17.8 Å². The zero-order chi connectivity index (χ0) is 19.5. The summed E-state index contributed by atoms with van der Waals surface area (Å²) in [6, 6.07) is 5.95. The number of esters is 1. The van der Waals surface area contributed by atoms with Crippen molar-refractivity contribution in [1.82, 2.24) is 0 Å². The van der Waals surface area contributed by atoms with Crippen LogP contribution in [0.4, 0.5) is 0 Å². The molecule has 0 N–H and O–H groups in total. The van der Waals surface area contributed by atoms with Crippen LogP contribution >= 0.6 is 0 Å². The molecule has 5 heteroatoms. The van der Waals surface area contributed by atoms with Crippen molar-refractivity contribution < 1.29 is 23.7 Å². The molecule has 0 bridgehead atoms. The van der Waals surface area contributed by atoms with E-state index in [1.165, 1.54) is 6.08 Å². The summed E-state index contributed by atoms with van der Waals surface area (Å²) in [5, 5.41) is 0. The molecule has 0 radical (unpaired) electrons. The molecule has 0 amide bonds. The van der Waals surface area contributed by atoms with Gasteiger partial charge in [0, 0.05) is 17.6 Å². The van der Waals surface area contributed by atoms with Crippen LogP contribution in [0.5, 0.6) is 11.5 Å². The third-order valence-corrected chi connectivity index (χ3v) is 6.58. The van der Waals surface area contributed by atoms with E-state index < -0.39 is 5.79 Å². The van der Waals surface area contributed by atoms with E-state index in [9.17, 15) is 4.79 Å². The summed E-state index contributed by atoms with van der Waals surface area (Å²) in [5.74, 6) is 1.21. The first kappa shape index (κ1) is 17.6. The predicted molar refractivity (Wildman–Crippen MR) is 103 cm³/mol. The third-order valence-electron chi connectivity index (χ3n) is 6.58. The van der Waals surface area contributed by atoms with Gasteiger partial charge in [0.25, 0.3) is 0 Å². The van der Waals surface area contributed by atoms with Crippen LogP contribution < -0.4 is 9.47 Å². The Hall–Kier alpha value is -2.53. The van der Waals surface area contributed by atoms with E-state index >= 15 is 0 Å². The molecule has 0 saturated heterocycles. The number of ether oxygens (including phenoxy) is 4. The second-order valence-electron chi connectivity index (χ2n) is 8.05. The molecule has 0 unspecified atom stereocenters. The van der Waals surface area contributed by atoms with Gasteiger partial charge in [0.15, 0.2) is 0 Å². The van der Waals surface area contributed by atoms with Gasteiger partial charge in [-0.1, -0.05) is 26.0 Å². The summed E-state index contributed by atoms with van der Waals surface area (Å²) in [6.07, 6.45) is 9.23. The number of fused-ring (bicyclic) bond motifs is 4. The van der Waals surface area contributed by atoms with Crippen LogP contribution in [0.1, 0.15) is 25.3 Å². The molecule has 5 nitrogen and oxygen atoms in total. The van der Waals surface area contributed by atoms with Gasteiger partial charge in [-0.15, -0.1) is 0 Å². The summed E-state index contributed by atoms with van der Waals surface area (Å²) >= 11 is 0. The molecular formula is C23H24O5. The molecule has 1 spiro atoms. The van der Waals surface area contributed by atoms with Gasteiger partial charge in [0.05, 0.1) is 19.6 Å². The Morgan fingerprint density at radius 2 is 2.11 bits per heavy atom. The Bertz CT molecular complexity index is 914. The fraction of sp³-hybridized carbons (Fsp3) is 0.435. The Kier molecular flexibility index (Phi) is 3.91. The molecule has 1 aliphatic carbocycles. The van der Waals surface area contributed by atoms with E-state index in [1.807, 2.05) is 30.4 Å². The minimum absolute atomic E-state index is 0.0855. The minimum atomic E-state index is -0.880. The number of hydrogen-bond donors (Lipinski definition) is 0. The standard InChI is InChI=1S/C23H24O5/c1-13-11-17(18-7-8-20(24)27-18)22-21(14(13)2)16-12-15(25-3)5-6-19(16)28-23(22)9-4-10-26-23/h4-9,11-14,18,21-22H,10H2,1-3H3/t13-,14+,18-,21+,22+,23+/m0/s1. The molecule has 0 fully saturated rings. The lowest BCUT2D eigenvalue weighted by molar-refractivity contribution is -0.178. The summed E-state index contributed by atoms with van der Waals surface area (Å²) in [5.41, 5.74) is 2.18. The van der Waals surface area contributed by atoms with Crippen molar-refractivity contribution in [3.63, 3.8) is 0 Å². The fourth-order valence-electron chi connectivity index (χ4n) is 5.10. The Labute approximate surface area is 164 Å². The number of methoxy groups -OCH3 is 1. The number of rotatable bonds is 2. The highest BCUT2D eigenvalue weighted by Crippen LogP contribution is 2.58. The van der Waals surface area contributed by atoms with E-state index in [2.05, 4.69) is 26.0 Å². The highest BCUT2D eigenvalue weighted by molar-refractivity contribution is 5.85. The summed E-state index contributed by atoms with van der Waals surface area (Å²) < 4.78 is 23.7. The van der Waals surface area contributed by atoms with E-state index in [0.717, 1.165) is 22.6 Å². The van der Waals surface area contributed by atoms with Crippen molar-refractivity contribution in [3.8, 4) is 11.5 Å². The Balaban J connectivity index is 1.70. The van der Waals surface area contributed by atoms with Gasteiger partial charge in [-0.05, 0) is 47.8 Å². The molecule has 28 heavy (non-hydrogen) atoms. The van der Waals surface area contributed by atoms with E-state index in [1.54, 1.807) is 7.11 Å². The number of hydrogen-bond acceptors (Lipinski definition) is 5. The first-order chi connectivity index (χ1) is 13.5. The summed E-state index contributed by atoms with van der Waals surface area (Å²) in [6.45, 7) is 4.99. The van der Waals surface area contributed by atoms with Crippen molar-refractivity contribution in [3.05, 3.63) is 59.7 Å². The first-order valence-corrected chi connectivity index (χ1v) is 9.81. The van der Waals surface area contributed by atoms with Gasteiger partial charge in [-0.25, -0.2) is 4.79 Å². The topological polar surface area (TPSA) is 54.0 Å². The molecular weight excluding hydrogens is 356 g/mol. The van der Waals surface area contributed by atoms with Gasteiger partial charge in [-0.2, -0.15) is 0 Å². The number of carbonyl (C=O) groups is 1. The van der Waals surface area contributed by atoms with Crippen LogP contribution in [-0.4, -0.2) is 31.6 Å². The molecule has 3 aliphatic heterocycles. The monoisotopic (exact) mass is 380 g/mol. The molecule has 6 atom stereocenters. The first-order valence-electron chi connectivity index (χ1n) is 9.81. The lowest BCUT2D eigenvalue weighted by atomic mass is 9.61. The van der Waals surface area contributed by atoms with Gasteiger partial charge in [-0.3, -0.25) is 0 Å². The summed E-state index contributed by atoms with van der Waals surface area (Å²) in [4.78, 5) is 11.8. The zero-order valence-corrected chi connectivity index (χ0v) is 16.3. The van der Waals surface area contributed by atoms with Gasteiger partial charge in [0.2, 0.25) is 5.79 Å². The molecule has 1 aromatic carbocycles. The molecule has 0 saturated carbocycles. The largest absolute Gasteiger partial charge is 0.497 e. The molecule has 3 heterocycles. The van der Waals surface area contributed by atoms with Crippen molar-refractivity contribution in [1.29, 1.82) is 0 Å². The van der Waals surface area contributed by atoms with Crippen LogP contribution in [0.15, 0.2) is 54.2 Å². The average molecular weight is 380 g/mol.